The van der Waals surface area contributed by atoms with Crippen molar-refractivity contribution in [1.29, 1.82) is 0 Å². The van der Waals surface area contributed by atoms with Crippen LogP contribution in [0.3, 0.4) is 0 Å². The summed E-state index contributed by atoms with van der Waals surface area (Å²) in [6.07, 6.45) is -7.56. The van der Waals surface area contributed by atoms with E-state index in [0.717, 1.165) is 0 Å². The summed E-state index contributed by atoms with van der Waals surface area (Å²) in [7, 11) is 0. The molecule has 8 nitrogen and oxygen atoms in total. The fourth-order valence-electron chi connectivity index (χ4n) is 1.38. The Bertz CT molecular complexity index is 326. The highest BCUT2D eigenvalue weighted by atomic mass is 35.6. The van der Waals surface area contributed by atoms with Gasteiger partial charge < -0.3 is 25.2 Å². The lowest BCUT2D eigenvalue weighted by Gasteiger charge is -2.39. The van der Waals surface area contributed by atoms with E-state index < -0.39 is 47.0 Å². The summed E-state index contributed by atoms with van der Waals surface area (Å²) in [6.45, 7) is -0.623. The van der Waals surface area contributed by atoms with Gasteiger partial charge in [0.15, 0.2) is 12.4 Å². The predicted octanol–water partition coefficient (Wildman–Crippen LogP) is -1.80. The first kappa shape index (κ1) is 17.2. The van der Waals surface area contributed by atoms with E-state index in [2.05, 4.69) is 4.84 Å². The Morgan fingerprint density at radius 3 is 2.32 bits per heavy atom. The Hall–Kier alpha value is 0.1000. The molecular weight excluding hydrogens is 328 g/mol. The Kier molecular flexibility index (Phi) is 6.05. The summed E-state index contributed by atoms with van der Waals surface area (Å²) < 4.78 is 2.47. The van der Waals surface area contributed by atoms with Crippen molar-refractivity contribution in [3.05, 3.63) is 0 Å². The molecule has 1 amide bonds. The van der Waals surface area contributed by atoms with Gasteiger partial charge in [0, 0.05) is 0 Å². The minimum atomic E-state index is -2.29. The van der Waals surface area contributed by atoms with Crippen LogP contribution in [0.4, 0.5) is 0 Å². The van der Waals surface area contributed by atoms with Gasteiger partial charge in [0.2, 0.25) is 0 Å². The number of carbonyl (C=O) groups excluding carboxylic acids is 1. The smallest absolute Gasteiger partial charge is 0.295 e. The molecule has 1 aliphatic rings. The minimum absolute atomic E-state index is 0.623. The fourth-order valence-corrected chi connectivity index (χ4v) is 1.49. The average molecular weight is 341 g/mol. The number of amides is 1. The quantitative estimate of drug-likeness (QED) is 0.303. The third kappa shape index (κ3) is 4.28. The number of ether oxygens (including phenoxy) is 1. The van der Waals surface area contributed by atoms with Crippen LogP contribution in [-0.4, -0.2) is 67.4 Å². The maximum Gasteiger partial charge on any atom is 0.295 e. The molecule has 5 N–H and O–H groups in total. The van der Waals surface area contributed by atoms with Crippen LogP contribution >= 0.6 is 34.8 Å². The molecule has 1 aliphatic heterocycles. The Morgan fingerprint density at radius 2 is 1.84 bits per heavy atom. The van der Waals surface area contributed by atoms with Crippen molar-refractivity contribution in [3.8, 4) is 0 Å². The molecule has 0 radical (unpaired) electrons. The molecule has 0 aromatic carbocycles. The van der Waals surface area contributed by atoms with E-state index in [1.807, 2.05) is 0 Å². The average Bonchev–Trinajstić information content (AvgIpc) is 2.32. The van der Waals surface area contributed by atoms with E-state index >= 15 is 0 Å². The molecule has 1 heterocycles. The van der Waals surface area contributed by atoms with Crippen molar-refractivity contribution in [1.82, 2.24) is 5.48 Å². The van der Waals surface area contributed by atoms with E-state index in [4.69, 9.17) is 44.6 Å². The van der Waals surface area contributed by atoms with E-state index in [1.54, 1.807) is 5.48 Å². The number of rotatable bonds is 3. The van der Waals surface area contributed by atoms with Gasteiger partial charge in [0.25, 0.3) is 9.70 Å². The summed E-state index contributed by atoms with van der Waals surface area (Å²) in [4.78, 5) is 15.8. The van der Waals surface area contributed by atoms with Crippen molar-refractivity contribution in [3.63, 3.8) is 0 Å². The zero-order valence-electron chi connectivity index (χ0n) is 9.24. The lowest BCUT2D eigenvalue weighted by molar-refractivity contribution is -0.304. The first-order valence-electron chi connectivity index (χ1n) is 5.01. The number of aliphatic hydroxyl groups is 4. The normalized spacial score (nSPS) is 36.1. The highest BCUT2D eigenvalue weighted by Gasteiger charge is 2.45. The number of alkyl halides is 3. The number of nitrogens with one attached hydrogen (secondary N) is 1. The largest absolute Gasteiger partial charge is 0.394 e. The molecule has 0 bridgehead atoms. The van der Waals surface area contributed by atoms with Gasteiger partial charge in [-0.3, -0.25) is 9.63 Å². The van der Waals surface area contributed by atoms with Crippen LogP contribution in [0.2, 0.25) is 0 Å². The molecule has 1 rings (SSSR count). The second-order valence-electron chi connectivity index (χ2n) is 3.74. The van der Waals surface area contributed by atoms with Gasteiger partial charge in [-0.15, -0.1) is 0 Å². The molecule has 1 saturated heterocycles. The standard InChI is InChI=1S/C8H12Cl3NO7/c9-8(10,11)7(17)12-19-5-4(15)3(14)2(1-13)18-6(5)16/h2-6,13-16H,1H2,(H,12,17)/t2-,3+,4+,5-,6?/m1/s1. The number of halogens is 3. The molecule has 0 spiro atoms. The third-order valence-corrected chi connectivity index (χ3v) is 2.90. The number of carbonyl (C=O) groups is 1. The molecular formula is C8H12Cl3NO7. The van der Waals surface area contributed by atoms with Gasteiger partial charge in [-0.2, -0.15) is 0 Å². The van der Waals surface area contributed by atoms with Gasteiger partial charge in [-0.05, 0) is 0 Å². The van der Waals surface area contributed by atoms with Crippen molar-refractivity contribution in [2.45, 2.75) is 34.5 Å². The number of hydroxylamine groups is 1. The van der Waals surface area contributed by atoms with Crippen LogP contribution in [0.25, 0.3) is 0 Å². The molecule has 0 aromatic heterocycles. The zero-order valence-corrected chi connectivity index (χ0v) is 11.5. The summed E-state index contributed by atoms with van der Waals surface area (Å²) in [5.74, 6) is -1.16. The molecule has 0 saturated carbocycles. The van der Waals surface area contributed by atoms with Crippen LogP contribution in [0.1, 0.15) is 0 Å². The molecule has 11 heteroatoms. The Balaban J connectivity index is 2.61. The maximum absolute atomic E-state index is 11.2. The fraction of sp³-hybridized carbons (Fsp3) is 0.875. The monoisotopic (exact) mass is 339 g/mol. The molecule has 0 aliphatic carbocycles. The van der Waals surface area contributed by atoms with Crippen LogP contribution in [-0.2, 0) is 14.4 Å². The van der Waals surface area contributed by atoms with Crippen LogP contribution in [0, 0.1) is 0 Å². The van der Waals surface area contributed by atoms with E-state index in [1.165, 1.54) is 0 Å². The Morgan fingerprint density at radius 1 is 1.26 bits per heavy atom. The second kappa shape index (κ2) is 6.70. The van der Waals surface area contributed by atoms with Crippen molar-refractivity contribution < 1.29 is 34.8 Å². The first-order valence-corrected chi connectivity index (χ1v) is 6.15. The van der Waals surface area contributed by atoms with Gasteiger partial charge in [-0.25, -0.2) is 5.48 Å². The van der Waals surface area contributed by atoms with Gasteiger partial charge in [0.05, 0.1) is 6.61 Å². The SMILES string of the molecule is O=C(NO[C@H]1C(O)O[C@H](CO)[C@H](O)[C@@H]1O)C(Cl)(Cl)Cl. The number of hydrogen-bond donors (Lipinski definition) is 5. The molecule has 1 unspecified atom stereocenters. The molecule has 0 aromatic rings. The van der Waals surface area contributed by atoms with Gasteiger partial charge in [0.1, 0.15) is 18.3 Å². The number of hydrogen-bond acceptors (Lipinski definition) is 7. The highest BCUT2D eigenvalue weighted by Crippen LogP contribution is 2.26. The minimum Gasteiger partial charge on any atom is -0.394 e. The molecule has 19 heavy (non-hydrogen) atoms. The predicted molar refractivity (Wildman–Crippen MR) is 63.3 cm³/mol. The van der Waals surface area contributed by atoms with E-state index in [-0.39, 0.29) is 0 Å². The van der Waals surface area contributed by atoms with Crippen LogP contribution in [0.15, 0.2) is 0 Å². The molecule has 5 atom stereocenters. The van der Waals surface area contributed by atoms with Crippen molar-refractivity contribution in [2.24, 2.45) is 0 Å². The second-order valence-corrected chi connectivity index (χ2v) is 6.02. The van der Waals surface area contributed by atoms with Gasteiger partial charge >= 0.3 is 0 Å². The van der Waals surface area contributed by atoms with Crippen LogP contribution < -0.4 is 5.48 Å². The topological polar surface area (TPSA) is 128 Å². The highest BCUT2D eigenvalue weighted by molar-refractivity contribution is 6.76. The first-order chi connectivity index (χ1) is 8.68. The van der Waals surface area contributed by atoms with Crippen molar-refractivity contribution in [2.75, 3.05) is 6.61 Å². The summed E-state index contributed by atoms with van der Waals surface area (Å²) in [5, 5.41) is 37.5. The summed E-state index contributed by atoms with van der Waals surface area (Å²) in [6, 6.07) is 0. The molecule has 1 fully saturated rings. The van der Waals surface area contributed by atoms with E-state index in [9.17, 15) is 20.1 Å². The van der Waals surface area contributed by atoms with Crippen molar-refractivity contribution >= 4 is 40.7 Å². The van der Waals surface area contributed by atoms with Gasteiger partial charge in [-0.1, -0.05) is 34.8 Å². The summed E-state index contributed by atoms with van der Waals surface area (Å²) in [5.41, 5.74) is 1.70. The lowest BCUT2D eigenvalue weighted by Crippen LogP contribution is -2.60. The zero-order chi connectivity index (χ0) is 14.8. The Labute approximate surface area is 122 Å². The summed E-state index contributed by atoms with van der Waals surface area (Å²) >= 11 is 15.7. The lowest BCUT2D eigenvalue weighted by atomic mass is 9.99. The molecule has 112 valence electrons. The third-order valence-electron chi connectivity index (χ3n) is 2.39. The van der Waals surface area contributed by atoms with Crippen LogP contribution in [0.5, 0.6) is 0 Å². The number of aliphatic hydroxyl groups excluding tert-OH is 4. The van der Waals surface area contributed by atoms with E-state index in [0.29, 0.717) is 0 Å². The maximum atomic E-state index is 11.2.